The van der Waals surface area contributed by atoms with E-state index in [4.69, 9.17) is 32.0 Å². The number of nitrogens with zero attached hydrogens (tertiary/aromatic N) is 2. The molecule has 0 saturated carbocycles. The van der Waals surface area contributed by atoms with Crippen molar-refractivity contribution in [3.63, 3.8) is 0 Å². The fourth-order valence-corrected chi connectivity index (χ4v) is 3.43. The summed E-state index contributed by atoms with van der Waals surface area (Å²) in [6, 6.07) is 0. The summed E-state index contributed by atoms with van der Waals surface area (Å²) in [6.07, 6.45) is -7.26. The van der Waals surface area contributed by atoms with Gasteiger partial charge in [-0.25, -0.2) is 18.7 Å². The van der Waals surface area contributed by atoms with Crippen molar-refractivity contribution >= 4 is 58.2 Å². The van der Waals surface area contributed by atoms with Gasteiger partial charge in [0.05, 0.1) is 24.3 Å². The molecule has 0 radical (unpaired) electrons. The van der Waals surface area contributed by atoms with Crippen molar-refractivity contribution in [1.82, 2.24) is 19.1 Å². The summed E-state index contributed by atoms with van der Waals surface area (Å²) < 4.78 is 56.2. The SMILES string of the molecule is O=C(n1cc(C=CCl)c(=O)[nH]c1=O)C(F)(F)[C@H](O)[C@H](O)CO.O=C(n1cc(C=CI)c(=O)[nH]c1=O)C(F)(F)[C@H](O)[C@H](O)CO. The Morgan fingerprint density at radius 3 is 1.43 bits per heavy atom. The number of alkyl halides is 4. The number of hydrogen-bond acceptors (Lipinski definition) is 12. The zero-order valence-electron chi connectivity index (χ0n) is 21.5. The van der Waals surface area contributed by atoms with Crippen molar-refractivity contribution in [1.29, 1.82) is 0 Å². The van der Waals surface area contributed by atoms with E-state index in [1.165, 1.54) is 10.2 Å². The third-order valence-corrected chi connectivity index (χ3v) is 5.76. The van der Waals surface area contributed by atoms with Crippen LogP contribution in [0.5, 0.6) is 0 Å². The molecule has 8 N–H and O–H groups in total. The van der Waals surface area contributed by atoms with E-state index in [-0.39, 0.29) is 20.3 Å². The van der Waals surface area contributed by atoms with Crippen LogP contribution in [0.2, 0.25) is 0 Å². The fraction of sp³-hybridized carbons (Fsp3) is 0.364. The number of rotatable bonds is 10. The van der Waals surface area contributed by atoms with E-state index in [2.05, 4.69) is 0 Å². The highest BCUT2D eigenvalue weighted by Gasteiger charge is 2.52. The first-order chi connectivity index (χ1) is 20.3. The lowest BCUT2D eigenvalue weighted by Gasteiger charge is -2.24. The molecule has 0 amide bonds. The Hall–Kier alpha value is -3.32. The molecule has 2 aromatic heterocycles. The summed E-state index contributed by atoms with van der Waals surface area (Å²) in [5.74, 6) is -13.5. The van der Waals surface area contributed by atoms with Gasteiger partial charge in [0.1, 0.15) is 12.2 Å². The molecule has 0 aliphatic rings. The van der Waals surface area contributed by atoms with Gasteiger partial charge >= 0.3 is 35.0 Å². The Morgan fingerprint density at radius 2 is 1.14 bits per heavy atom. The monoisotopic (exact) mass is 772 g/mol. The second-order valence-electron chi connectivity index (χ2n) is 8.26. The van der Waals surface area contributed by atoms with Gasteiger partial charge in [-0.2, -0.15) is 17.6 Å². The molecule has 0 bridgehead atoms. The molecule has 44 heavy (non-hydrogen) atoms. The number of halogens is 6. The lowest BCUT2D eigenvalue weighted by atomic mass is 10.1. The molecule has 0 unspecified atom stereocenters. The summed E-state index contributed by atoms with van der Waals surface area (Å²) in [5, 5.41) is 53.5. The summed E-state index contributed by atoms with van der Waals surface area (Å²) in [5.41, 5.74) is -4.50. The van der Waals surface area contributed by atoms with Crippen molar-refractivity contribution in [2.45, 2.75) is 36.3 Å². The molecule has 2 heterocycles. The minimum absolute atomic E-state index is 0.0827. The van der Waals surface area contributed by atoms with Crippen LogP contribution in [0.3, 0.4) is 0 Å². The predicted octanol–water partition coefficient (Wildman–Crippen LogP) is -2.33. The van der Waals surface area contributed by atoms with E-state index < -0.39 is 83.8 Å². The summed E-state index contributed by atoms with van der Waals surface area (Å²) in [6.45, 7) is -2.45. The zero-order chi connectivity index (χ0) is 34.2. The number of aliphatic hydroxyl groups is 6. The van der Waals surface area contributed by atoms with Crippen LogP contribution in [0, 0.1) is 0 Å². The first-order valence-corrected chi connectivity index (χ1v) is 13.1. The van der Waals surface area contributed by atoms with Crippen molar-refractivity contribution in [3.05, 3.63) is 74.8 Å². The van der Waals surface area contributed by atoms with Crippen LogP contribution in [0.4, 0.5) is 17.6 Å². The van der Waals surface area contributed by atoms with Crippen molar-refractivity contribution in [2.24, 2.45) is 0 Å². The van der Waals surface area contributed by atoms with Crippen LogP contribution in [-0.4, -0.2) is 111 Å². The van der Waals surface area contributed by atoms with Gasteiger partial charge in [-0.1, -0.05) is 34.2 Å². The maximum atomic E-state index is 13.8. The minimum Gasteiger partial charge on any atom is -0.394 e. The lowest BCUT2D eigenvalue weighted by Crippen LogP contribution is -2.53. The van der Waals surface area contributed by atoms with Crippen LogP contribution in [0.1, 0.15) is 20.7 Å². The molecule has 2 aromatic rings. The van der Waals surface area contributed by atoms with Crippen LogP contribution in [-0.2, 0) is 0 Å². The van der Waals surface area contributed by atoms with Crippen molar-refractivity contribution < 1.29 is 57.8 Å². The van der Waals surface area contributed by atoms with E-state index in [0.29, 0.717) is 12.4 Å². The number of H-pyrrole nitrogens is 2. The largest absolute Gasteiger partial charge is 0.394 e. The molecule has 16 nitrogen and oxygen atoms in total. The van der Waals surface area contributed by atoms with Gasteiger partial charge in [0.25, 0.3) is 11.1 Å². The number of aromatic amines is 2. The van der Waals surface area contributed by atoms with Gasteiger partial charge in [-0.3, -0.25) is 29.1 Å². The normalized spacial score (nSPS) is 15.0. The van der Waals surface area contributed by atoms with Gasteiger partial charge in [-0.15, -0.1) is 0 Å². The number of carbonyl (C=O) groups excluding carboxylic acids is 2. The van der Waals surface area contributed by atoms with Crippen molar-refractivity contribution in [3.8, 4) is 0 Å². The fourth-order valence-electron chi connectivity index (χ4n) is 2.90. The molecule has 2 rings (SSSR count). The van der Waals surface area contributed by atoms with Crippen LogP contribution in [0.25, 0.3) is 12.2 Å². The van der Waals surface area contributed by atoms with E-state index >= 15 is 0 Å². The first-order valence-electron chi connectivity index (χ1n) is 11.4. The van der Waals surface area contributed by atoms with Gasteiger partial charge in [0.15, 0.2) is 12.2 Å². The van der Waals surface area contributed by atoms with Crippen LogP contribution < -0.4 is 22.5 Å². The molecule has 4 atom stereocenters. The van der Waals surface area contributed by atoms with Crippen LogP contribution in [0.15, 0.2) is 41.2 Å². The highest BCUT2D eigenvalue weighted by molar-refractivity contribution is 14.1. The maximum Gasteiger partial charge on any atom is 0.353 e. The Labute approximate surface area is 258 Å². The number of aromatic nitrogens is 4. The van der Waals surface area contributed by atoms with E-state index in [0.717, 1.165) is 11.6 Å². The smallest absolute Gasteiger partial charge is 0.353 e. The Kier molecular flexibility index (Phi) is 14.2. The number of carbonyl (C=O) groups is 2. The molecule has 22 heteroatoms. The van der Waals surface area contributed by atoms with E-state index in [9.17, 15) is 56.5 Å². The molecular weight excluding hydrogens is 751 g/mol. The second-order valence-corrected chi connectivity index (χ2v) is 9.23. The molecule has 0 fully saturated rings. The van der Waals surface area contributed by atoms with E-state index in [1.54, 1.807) is 32.6 Å². The third kappa shape index (κ3) is 8.87. The highest BCUT2D eigenvalue weighted by atomic mass is 127. The Balaban J connectivity index is 0.000000440. The highest BCUT2D eigenvalue weighted by Crippen LogP contribution is 2.24. The quantitative estimate of drug-likeness (QED) is 0.0934. The summed E-state index contributed by atoms with van der Waals surface area (Å²) in [4.78, 5) is 72.4. The van der Waals surface area contributed by atoms with Gasteiger partial charge in [-0.05, 0) is 16.2 Å². The number of nitrogens with one attached hydrogen (secondary N) is 2. The van der Waals surface area contributed by atoms with Gasteiger partial charge < -0.3 is 30.6 Å². The third-order valence-electron chi connectivity index (χ3n) is 5.28. The van der Waals surface area contributed by atoms with Crippen molar-refractivity contribution in [2.75, 3.05) is 13.2 Å². The summed E-state index contributed by atoms with van der Waals surface area (Å²) in [7, 11) is 0. The zero-order valence-corrected chi connectivity index (χ0v) is 24.4. The Bertz CT molecular complexity index is 1520. The first kappa shape index (κ1) is 38.7. The second kappa shape index (κ2) is 16.1. The minimum atomic E-state index is -4.59. The summed E-state index contributed by atoms with van der Waals surface area (Å²) >= 11 is 6.96. The van der Waals surface area contributed by atoms with E-state index in [1.807, 2.05) is 0 Å². The van der Waals surface area contributed by atoms with Gasteiger partial charge in [0.2, 0.25) is 0 Å². The number of aliphatic hydroxyl groups excluding tert-OH is 6. The van der Waals surface area contributed by atoms with Crippen LogP contribution >= 0.6 is 34.2 Å². The molecule has 0 aromatic carbocycles. The molecule has 244 valence electrons. The van der Waals surface area contributed by atoms with Gasteiger partial charge in [0, 0.05) is 17.9 Å². The molecule has 0 aliphatic carbocycles. The lowest BCUT2D eigenvalue weighted by molar-refractivity contribution is -0.136. The molecule has 0 spiro atoms. The topological polar surface area (TPSA) is 265 Å². The standard InChI is InChI=1S/C11H11ClF2N2O6.C11H11F2IN2O6/c12-2-1-5-3-16(10(22)15-8(5)20)9(21)11(13,14)7(19)6(18)4-17;12-11(13,7(19)6(18)4-17)9(21)16-3-5(1-2-14)8(20)15-10(16)22/h2*1-3,6-7,17-19H,4H2,(H,15,20,22)/t2*6-,7-/m11/s1. The average Bonchev–Trinajstić information content (AvgIpc) is 2.97. The molecule has 0 aliphatic heterocycles. The molecular formula is C22H22ClF4IN4O12. The maximum absolute atomic E-state index is 13.8. The predicted molar refractivity (Wildman–Crippen MR) is 150 cm³/mol. The Morgan fingerprint density at radius 1 is 0.795 bits per heavy atom. The molecule has 0 saturated heterocycles. The average molecular weight is 773 g/mol. The number of hydrogen-bond donors (Lipinski definition) is 8.